The average Bonchev–Trinajstić information content (AvgIpc) is 3.02. The lowest BCUT2D eigenvalue weighted by atomic mass is 9.90. The molecule has 5 rings (SSSR count). The Hall–Kier alpha value is -2.54. The zero-order valence-electron chi connectivity index (χ0n) is 15.7. The van der Waals surface area contributed by atoms with E-state index in [0.717, 1.165) is 49.0 Å². The molecule has 0 radical (unpaired) electrons. The van der Waals surface area contributed by atoms with Crippen molar-refractivity contribution in [2.45, 2.75) is 45.6 Å². The molecule has 1 aliphatic carbocycles. The first-order valence-corrected chi connectivity index (χ1v) is 9.53. The van der Waals surface area contributed by atoms with Crippen molar-refractivity contribution < 1.29 is 9.05 Å². The highest BCUT2D eigenvalue weighted by molar-refractivity contribution is 5.52. The SMILES string of the molecule is Cc1noc(C)c1CN1CCC2(CC1)CC2c1nc(-c2cccnc2)no1. The maximum absolute atomic E-state index is 5.59. The molecule has 3 aromatic heterocycles. The number of piperidine rings is 1. The van der Waals surface area contributed by atoms with Crippen LogP contribution in [0.4, 0.5) is 0 Å². The molecule has 3 aromatic rings. The third-order valence-corrected chi connectivity index (χ3v) is 6.26. The first-order chi connectivity index (χ1) is 13.1. The standard InChI is InChI=1S/C20H23N5O2/c1-13-16(14(2)26-23-13)12-25-8-5-20(6-9-25)10-17(20)19-22-18(24-27-19)15-4-3-7-21-11-15/h3-4,7,11,17H,5-6,8-10,12H2,1-2H3. The lowest BCUT2D eigenvalue weighted by Crippen LogP contribution is -2.34. The van der Waals surface area contributed by atoms with Crippen LogP contribution in [0, 0.1) is 19.3 Å². The normalized spacial score (nSPS) is 21.6. The summed E-state index contributed by atoms with van der Waals surface area (Å²) in [6.07, 6.45) is 7.01. The van der Waals surface area contributed by atoms with Crippen molar-refractivity contribution in [3.63, 3.8) is 0 Å². The molecule has 1 spiro atoms. The molecule has 4 heterocycles. The van der Waals surface area contributed by atoms with Crippen molar-refractivity contribution in [1.29, 1.82) is 0 Å². The molecular weight excluding hydrogens is 342 g/mol. The quantitative estimate of drug-likeness (QED) is 0.700. The van der Waals surface area contributed by atoms with Gasteiger partial charge in [-0.2, -0.15) is 4.98 Å². The van der Waals surface area contributed by atoms with Gasteiger partial charge in [0.05, 0.1) is 5.69 Å². The molecule has 1 saturated carbocycles. The fourth-order valence-corrected chi connectivity index (χ4v) is 4.35. The topological polar surface area (TPSA) is 81.1 Å². The highest BCUT2D eigenvalue weighted by Gasteiger charge is 2.58. The first-order valence-electron chi connectivity index (χ1n) is 9.53. The van der Waals surface area contributed by atoms with Crippen LogP contribution in [0.1, 0.15) is 48.1 Å². The molecule has 7 heteroatoms. The van der Waals surface area contributed by atoms with Crippen LogP contribution in [0.2, 0.25) is 0 Å². The molecule has 7 nitrogen and oxygen atoms in total. The fourth-order valence-electron chi connectivity index (χ4n) is 4.35. The summed E-state index contributed by atoms with van der Waals surface area (Å²) in [5, 5.41) is 8.22. The van der Waals surface area contributed by atoms with Crippen molar-refractivity contribution in [3.8, 4) is 11.4 Å². The average molecular weight is 365 g/mol. The van der Waals surface area contributed by atoms with Gasteiger partial charge in [0.1, 0.15) is 5.76 Å². The van der Waals surface area contributed by atoms with Crippen molar-refractivity contribution in [3.05, 3.63) is 47.4 Å². The van der Waals surface area contributed by atoms with Gasteiger partial charge >= 0.3 is 0 Å². The van der Waals surface area contributed by atoms with Gasteiger partial charge in [0.25, 0.3) is 0 Å². The molecule has 27 heavy (non-hydrogen) atoms. The molecule has 0 amide bonds. The van der Waals surface area contributed by atoms with E-state index >= 15 is 0 Å². The molecule has 1 aliphatic heterocycles. The summed E-state index contributed by atoms with van der Waals surface area (Å²) in [6, 6.07) is 3.84. The first kappa shape index (κ1) is 16.6. The Morgan fingerprint density at radius 1 is 1.19 bits per heavy atom. The van der Waals surface area contributed by atoms with Gasteiger partial charge in [-0.1, -0.05) is 10.3 Å². The maximum Gasteiger partial charge on any atom is 0.230 e. The van der Waals surface area contributed by atoms with E-state index in [-0.39, 0.29) is 0 Å². The Morgan fingerprint density at radius 2 is 2.04 bits per heavy atom. The molecule has 1 atom stereocenters. The largest absolute Gasteiger partial charge is 0.361 e. The Bertz CT molecular complexity index is 921. The highest BCUT2D eigenvalue weighted by atomic mass is 16.5. The summed E-state index contributed by atoms with van der Waals surface area (Å²) < 4.78 is 10.9. The van der Waals surface area contributed by atoms with Crippen LogP contribution < -0.4 is 0 Å². The third kappa shape index (κ3) is 2.96. The van der Waals surface area contributed by atoms with Gasteiger partial charge in [-0.25, -0.2) is 0 Å². The Kier molecular flexibility index (Phi) is 3.86. The number of nitrogens with zero attached hydrogens (tertiary/aromatic N) is 5. The number of hydrogen-bond donors (Lipinski definition) is 0. The second-order valence-electron chi connectivity index (χ2n) is 7.90. The molecule has 1 saturated heterocycles. The van der Waals surface area contributed by atoms with Crippen LogP contribution in [-0.2, 0) is 6.54 Å². The number of aryl methyl sites for hydroxylation is 2. The summed E-state index contributed by atoms with van der Waals surface area (Å²) in [4.78, 5) is 11.3. The Morgan fingerprint density at radius 3 is 2.74 bits per heavy atom. The van der Waals surface area contributed by atoms with E-state index in [9.17, 15) is 0 Å². The summed E-state index contributed by atoms with van der Waals surface area (Å²) in [6.45, 7) is 7.11. The van der Waals surface area contributed by atoms with Gasteiger partial charge in [0.2, 0.25) is 11.7 Å². The van der Waals surface area contributed by atoms with E-state index in [1.54, 1.807) is 12.4 Å². The van der Waals surface area contributed by atoms with Crippen molar-refractivity contribution in [2.75, 3.05) is 13.1 Å². The number of aromatic nitrogens is 4. The monoisotopic (exact) mass is 365 g/mol. The Balaban J connectivity index is 1.23. The zero-order valence-corrected chi connectivity index (χ0v) is 15.7. The fraction of sp³-hybridized carbons (Fsp3) is 0.500. The van der Waals surface area contributed by atoms with Crippen molar-refractivity contribution >= 4 is 0 Å². The van der Waals surface area contributed by atoms with Crippen LogP contribution in [0.3, 0.4) is 0 Å². The lowest BCUT2D eigenvalue weighted by Gasteiger charge is -2.32. The van der Waals surface area contributed by atoms with Crippen LogP contribution in [-0.4, -0.2) is 38.3 Å². The number of hydrogen-bond acceptors (Lipinski definition) is 7. The van der Waals surface area contributed by atoms with Gasteiger partial charge in [-0.3, -0.25) is 9.88 Å². The van der Waals surface area contributed by atoms with E-state index in [1.807, 2.05) is 26.0 Å². The van der Waals surface area contributed by atoms with E-state index in [4.69, 9.17) is 9.05 Å². The molecule has 0 N–H and O–H groups in total. The van der Waals surface area contributed by atoms with Crippen LogP contribution in [0.15, 0.2) is 33.6 Å². The summed E-state index contributed by atoms with van der Waals surface area (Å²) >= 11 is 0. The third-order valence-electron chi connectivity index (χ3n) is 6.26. The summed E-state index contributed by atoms with van der Waals surface area (Å²) in [5.74, 6) is 2.76. The molecule has 2 aliphatic rings. The minimum absolute atomic E-state index is 0.341. The second kappa shape index (κ2) is 6.27. The molecule has 1 unspecified atom stereocenters. The van der Waals surface area contributed by atoms with Crippen LogP contribution in [0.5, 0.6) is 0 Å². The van der Waals surface area contributed by atoms with Crippen molar-refractivity contribution in [1.82, 2.24) is 25.2 Å². The number of pyridine rings is 1. The second-order valence-corrected chi connectivity index (χ2v) is 7.90. The smallest absolute Gasteiger partial charge is 0.230 e. The predicted molar refractivity (Wildman–Crippen MR) is 97.8 cm³/mol. The molecule has 0 aromatic carbocycles. The predicted octanol–water partition coefficient (Wildman–Crippen LogP) is 3.51. The minimum atomic E-state index is 0.341. The van der Waals surface area contributed by atoms with Gasteiger partial charge in [0, 0.05) is 36.0 Å². The van der Waals surface area contributed by atoms with E-state index in [2.05, 4.69) is 25.2 Å². The van der Waals surface area contributed by atoms with Gasteiger partial charge in [0.15, 0.2) is 0 Å². The highest BCUT2D eigenvalue weighted by Crippen LogP contribution is 2.64. The van der Waals surface area contributed by atoms with E-state index < -0.39 is 0 Å². The van der Waals surface area contributed by atoms with E-state index in [1.165, 1.54) is 18.4 Å². The summed E-state index contributed by atoms with van der Waals surface area (Å²) in [7, 11) is 0. The van der Waals surface area contributed by atoms with Gasteiger partial charge in [-0.05, 0) is 63.7 Å². The van der Waals surface area contributed by atoms with Crippen LogP contribution in [0.25, 0.3) is 11.4 Å². The molecule has 0 bridgehead atoms. The van der Waals surface area contributed by atoms with Gasteiger partial charge < -0.3 is 9.05 Å². The molecular formula is C20H23N5O2. The molecule has 140 valence electrons. The Labute approximate surface area is 157 Å². The molecule has 2 fully saturated rings. The number of likely N-dealkylation sites (tertiary alicyclic amines) is 1. The summed E-state index contributed by atoms with van der Waals surface area (Å²) in [5.41, 5.74) is 3.48. The van der Waals surface area contributed by atoms with Gasteiger partial charge in [-0.15, -0.1) is 0 Å². The zero-order chi connectivity index (χ0) is 18.4. The van der Waals surface area contributed by atoms with Crippen molar-refractivity contribution in [2.24, 2.45) is 5.41 Å². The van der Waals surface area contributed by atoms with Crippen LogP contribution >= 0.6 is 0 Å². The lowest BCUT2D eigenvalue weighted by molar-refractivity contribution is 0.158. The minimum Gasteiger partial charge on any atom is -0.361 e. The van der Waals surface area contributed by atoms with E-state index in [0.29, 0.717) is 17.2 Å². The maximum atomic E-state index is 5.59. The number of rotatable bonds is 4.